The van der Waals surface area contributed by atoms with E-state index in [1.165, 1.54) is 6.07 Å². The van der Waals surface area contributed by atoms with Gasteiger partial charge < -0.3 is 22.3 Å². The number of nitrogens with two attached hydrogens (primary N) is 3. The fraction of sp³-hybridized carbons (Fsp3) is 0.333. The molecule has 4 nitrogen and oxygen atoms in total. The van der Waals surface area contributed by atoms with Crippen molar-refractivity contribution in [1.82, 2.24) is 0 Å². The van der Waals surface area contributed by atoms with Gasteiger partial charge in [-0.3, -0.25) is 0 Å². The number of phenolic OH excluding ortho intramolecular Hbond substituents is 1. The maximum Gasteiger partial charge on any atom is 0.143 e. The molecule has 5 heteroatoms. The Morgan fingerprint density at radius 1 is 1.43 bits per heavy atom. The Hall–Kier alpha value is -1.33. The summed E-state index contributed by atoms with van der Waals surface area (Å²) in [5.41, 5.74) is 16.7. The second kappa shape index (κ2) is 4.26. The Morgan fingerprint density at radius 3 is 2.64 bits per heavy atom. The summed E-state index contributed by atoms with van der Waals surface area (Å²) in [5, 5.41) is 9.51. The minimum atomic E-state index is -0.511. The Morgan fingerprint density at radius 2 is 2.07 bits per heavy atom. The minimum Gasteiger partial charge on any atom is -0.505 e. The lowest BCUT2D eigenvalue weighted by Gasteiger charge is -2.13. The van der Waals surface area contributed by atoms with Crippen molar-refractivity contribution in [2.24, 2.45) is 11.5 Å². The number of hydrogen-bond donors (Lipinski definition) is 4. The molecule has 0 fully saturated rings. The van der Waals surface area contributed by atoms with E-state index < -0.39 is 11.9 Å². The first-order chi connectivity index (χ1) is 6.56. The fourth-order valence-electron chi connectivity index (χ4n) is 1.26. The summed E-state index contributed by atoms with van der Waals surface area (Å²) >= 11 is 0. The van der Waals surface area contributed by atoms with Gasteiger partial charge in [0.2, 0.25) is 0 Å². The zero-order valence-corrected chi connectivity index (χ0v) is 7.70. The molecule has 0 aromatic heterocycles. The lowest BCUT2D eigenvalue weighted by molar-refractivity contribution is 0.459. The molecule has 0 aliphatic rings. The summed E-state index contributed by atoms with van der Waals surface area (Å²) in [4.78, 5) is 0. The van der Waals surface area contributed by atoms with Gasteiger partial charge in [-0.05, 0) is 19.0 Å². The molecule has 0 radical (unpaired) electrons. The summed E-state index contributed by atoms with van der Waals surface area (Å²) in [7, 11) is 0. The van der Waals surface area contributed by atoms with Crippen LogP contribution in [0.2, 0.25) is 0 Å². The number of rotatable bonds is 3. The summed E-state index contributed by atoms with van der Waals surface area (Å²) < 4.78 is 12.9. The number of benzene rings is 1. The quantitative estimate of drug-likeness (QED) is 0.420. The van der Waals surface area contributed by atoms with Crippen molar-refractivity contribution in [3.05, 3.63) is 23.5 Å². The van der Waals surface area contributed by atoms with Crippen LogP contribution in [0.5, 0.6) is 5.75 Å². The third-order valence-electron chi connectivity index (χ3n) is 2.01. The third-order valence-corrected chi connectivity index (χ3v) is 2.01. The highest BCUT2D eigenvalue weighted by Gasteiger charge is 2.13. The van der Waals surface area contributed by atoms with Crippen molar-refractivity contribution in [2.45, 2.75) is 12.5 Å². The first kappa shape index (κ1) is 10.7. The van der Waals surface area contributed by atoms with Gasteiger partial charge in [-0.1, -0.05) is 0 Å². The van der Waals surface area contributed by atoms with Crippen molar-refractivity contribution in [3.63, 3.8) is 0 Å². The molecular formula is C9H14FN3O. The zero-order valence-electron chi connectivity index (χ0n) is 7.70. The molecule has 1 aromatic carbocycles. The molecule has 0 aliphatic heterocycles. The molecular weight excluding hydrogens is 185 g/mol. The smallest absolute Gasteiger partial charge is 0.143 e. The van der Waals surface area contributed by atoms with E-state index in [0.717, 1.165) is 6.07 Å². The van der Waals surface area contributed by atoms with E-state index in [-0.39, 0.29) is 11.4 Å². The lowest BCUT2D eigenvalue weighted by Crippen LogP contribution is -2.16. The molecule has 0 aliphatic carbocycles. The number of halogens is 1. The number of aromatic hydroxyl groups is 1. The maximum atomic E-state index is 12.9. The van der Waals surface area contributed by atoms with Crippen molar-refractivity contribution in [3.8, 4) is 5.75 Å². The third kappa shape index (κ3) is 2.12. The van der Waals surface area contributed by atoms with E-state index in [0.29, 0.717) is 18.5 Å². The van der Waals surface area contributed by atoms with Gasteiger partial charge in [0, 0.05) is 17.7 Å². The van der Waals surface area contributed by atoms with Crippen LogP contribution in [0.1, 0.15) is 18.0 Å². The Kier molecular flexibility index (Phi) is 3.27. The maximum absolute atomic E-state index is 12.9. The zero-order chi connectivity index (χ0) is 10.7. The van der Waals surface area contributed by atoms with E-state index in [4.69, 9.17) is 17.2 Å². The standard InChI is InChI=1S/C9H14FN3O/c10-5-3-6(7(12)1-2-11)9(14)8(13)4-5/h3-4,7,14H,1-2,11-13H2/t7-/m1/s1. The number of hydrogen-bond acceptors (Lipinski definition) is 4. The molecule has 0 saturated heterocycles. The largest absolute Gasteiger partial charge is 0.505 e. The molecule has 1 rings (SSSR count). The SMILES string of the molecule is NCC[C@@H](N)c1cc(F)cc(N)c1O. The first-order valence-electron chi connectivity index (χ1n) is 4.29. The lowest BCUT2D eigenvalue weighted by atomic mass is 10.0. The average Bonchev–Trinajstić information content (AvgIpc) is 2.11. The molecule has 0 spiro atoms. The molecule has 0 unspecified atom stereocenters. The summed E-state index contributed by atoms with van der Waals surface area (Å²) in [6, 6.07) is 1.73. The van der Waals surface area contributed by atoms with Gasteiger partial charge in [-0.2, -0.15) is 0 Å². The van der Waals surface area contributed by atoms with Crippen LogP contribution in [0.3, 0.4) is 0 Å². The number of anilines is 1. The molecule has 1 aromatic rings. The van der Waals surface area contributed by atoms with E-state index in [2.05, 4.69) is 0 Å². The summed E-state index contributed by atoms with van der Waals surface area (Å²) in [6.07, 6.45) is 0.469. The van der Waals surface area contributed by atoms with E-state index >= 15 is 0 Å². The van der Waals surface area contributed by atoms with Crippen LogP contribution in [0.4, 0.5) is 10.1 Å². The monoisotopic (exact) mass is 199 g/mol. The molecule has 0 amide bonds. The normalized spacial score (nSPS) is 12.8. The Bertz CT molecular complexity index is 330. The second-order valence-corrected chi connectivity index (χ2v) is 3.12. The van der Waals surface area contributed by atoms with Crippen molar-refractivity contribution < 1.29 is 9.50 Å². The summed E-state index contributed by atoms with van der Waals surface area (Å²) in [5.74, 6) is -0.671. The summed E-state index contributed by atoms with van der Waals surface area (Å²) in [6.45, 7) is 0.372. The number of phenols is 1. The van der Waals surface area contributed by atoms with Gasteiger partial charge in [0.1, 0.15) is 11.6 Å². The molecule has 78 valence electrons. The van der Waals surface area contributed by atoms with E-state index in [9.17, 15) is 9.50 Å². The van der Waals surface area contributed by atoms with Crippen LogP contribution in [0.15, 0.2) is 12.1 Å². The Balaban J connectivity index is 3.07. The predicted molar refractivity (Wildman–Crippen MR) is 53.1 cm³/mol. The molecule has 0 saturated carbocycles. The van der Waals surface area contributed by atoms with Crippen LogP contribution in [-0.4, -0.2) is 11.7 Å². The van der Waals surface area contributed by atoms with Gasteiger partial charge in [0.05, 0.1) is 5.69 Å². The minimum absolute atomic E-state index is 0.00697. The van der Waals surface area contributed by atoms with Crippen LogP contribution < -0.4 is 17.2 Å². The molecule has 7 N–H and O–H groups in total. The van der Waals surface area contributed by atoms with Crippen molar-refractivity contribution in [1.29, 1.82) is 0 Å². The van der Waals surface area contributed by atoms with E-state index in [1.54, 1.807) is 0 Å². The predicted octanol–water partition coefficient (Wildman–Crippen LogP) is 0.462. The first-order valence-corrected chi connectivity index (χ1v) is 4.29. The van der Waals surface area contributed by atoms with Crippen molar-refractivity contribution in [2.75, 3.05) is 12.3 Å². The topological polar surface area (TPSA) is 98.3 Å². The van der Waals surface area contributed by atoms with Crippen molar-refractivity contribution >= 4 is 5.69 Å². The molecule has 0 heterocycles. The van der Waals surface area contributed by atoms with E-state index in [1.807, 2.05) is 0 Å². The molecule has 0 bridgehead atoms. The van der Waals surface area contributed by atoms with Gasteiger partial charge in [0.15, 0.2) is 0 Å². The van der Waals surface area contributed by atoms with Crippen LogP contribution in [-0.2, 0) is 0 Å². The molecule has 1 atom stereocenters. The van der Waals surface area contributed by atoms with Gasteiger partial charge in [0.25, 0.3) is 0 Å². The van der Waals surface area contributed by atoms with Crippen LogP contribution in [0, 0.1) is 5.82 Å². The van der Waals surface area contributed by atoms with Gasteiger partial charge in [-0.15, -0.1) is 0 Å². The number of nitrogen functional groups attached to an aromatic ring is 1. The average molecular weight is 199 g/mol. The Labute approximate surface area is 81.5 Å². The van der Waals surface area contributed by atoms with Crippen LogP contribution in [0.25, 0.3) is 0 Å². The van der Waals surface area contributed by atoms with Gasteiger partial charge in [-0.25, -0.2) is 4.39 Å². The van der Waals surface area contributed by atoms with Gasteiger partial charge >= 0.3 is 0 Å². The highest BCUT2D eigenvalue weighted by atomic mass is 19.1. The highest BCUT2D eigenvalue weighted by Crippen LogP contribution is 2.31. The van der Waals surface area contributed by atoms with Crippen LogP contribution >= 0.6 is 0 Å². The molecule has 14 heavy (non-hydrogen) atoms. The highest BCUT2D eigenvalue weighted by molar-refractivity contribution is 5.57. The second-order valence-electron chi connectivity index (χ2n) is 3.12. The fourth-order valence-corrected chi connectivity index (χ4v) is 1.26.